The number of hydrogen-bond acceptors (Lipinski definition) is 5. The highest BCUT2D eigenvalue weighted by molar-refractivity contribution is 5.69. The van der Waals surface area contributed by atoms with Gasteiger partial charge in [-0.05, 0) is 70.6 Å². The van der Waals surface area contributed by atoms with Crippen LogP contribution in [0.2, 0.25) is 0 Å². The second-order valence-electron chi connectivity index (χ2n) is 10.2. The molecule has 0 amide bonds. The molecule has 5 nitrogen and oxygen atoms in total. The summed E-state index contributed by atoms with van der Waals surface area (Å²) in [6, 6.07) is 0. The van der Waals surface area contributed by atoms with E-state index in [9.17, 15) is 14.7 Å². The first kappa shape index (κ1) is 37.6. The van der Waals surface area contributed by atoms with Gasteiger partial charge in [0.05, 0.1) is 0 Å². The summed E-state index contributed by atoms with van der Waals surface area (Å²) in [6.45, 7) is 4.08. The number of carbonyl (C=O) groups excluding carboxylic acids is 2. The Morgan fingerprint density at radius 2 is 0.975 bits per heavy atom. The second-order valence-corrected chi connectivity index (χ2v) is 10.2. The van der Waals surface area contributed by atoms with Gasteiger partial charge in [-0.15, -0.1) is 0 Å². The van der Waals surface area contributed by atoms with Crippen LogP contribution in [0, 0.1) is 0 Å². The predicted octanol–water partition coefficient (Wildman–Crippen LogP) is 9.28. The van der Waals surface area contributed by atoms with Crippen LogP contribution in [-0.4, -0.2) is 36.4 Å². The molecular formula is C35H58O5. The van der Waals surface area contributed by atoms with E-state index >= 15 is 0 Å². The van der Waals surface area contributed by atoms with Gasteiger partial charge >= 0.3 is 11.9 Å². The molecule has 0 fully saturated rings. The molecule has 228 valence electrons. The summed E-state index contributed by atoms with van der Waals surface area (Å²) < 4.78 is 10.2. The Balaban J connectivity index is 3.60. The van der Waals surface area contributed by atoms with Crippen molar-refractivity contribution in [3.05, 3.63) is 60.8 Å². The molecule has 0 aliphatic heterocycles. The molecule has 0 aromatic heterocycles. The standard InChI is InChI=1S/C35H58O5/c1-3-5-7-9-11-13-15-16-17-18-20-22-24-26-28-30-35(38)40-32-33(36)31-39-34(37)29-27-25-23-21-19-14-12-10-8-6-4-2/h5,7,11,13,16-17,20-23,33,36H,3-4,6,8-10,12,14-15,18-19,24-32H2,1-2H3/b7-5-,13-11-,17-16-,22-20-,23-21-/t33-/m1/s1. The summed E-state index contributed by atoms with van der Waals surface area (Å²) in [5, 5.41) is 9.92. The van der Waals surface area contributed by atoms with Crippen molar-refractivity contribution in [3.8, 4) is 0 Å². The van der Waals surface area contributed by atoms with Crippen LogP contribution in [0.5, 0.6) is 0 Å². The van der Waals surface area contributed by atoms with E-state index in [2.05, 4.69) is 74.6 Å². The van der Waals surface area contributed by atoms with Crippen LogP contribution in [0.4, 0.5) is 0 Å². The van der Waals surface area contributed by atoms with E-state index in [4.69, 9.17) is 9.47 Å². The maximum Gasteiger partial charge on any atom is 0.305 e. The monoisotopic (exact) mass is 558 g/mol. The Morgan fingerprint density at radius 1 is 0.550 bits per heavy atom. The summed E-state index contributed by atoms with van der Waals surface area (Å²) >= 11 is 0. The quantitative estimate of drug-likeness (QED) is 0.0618. The Hall–Kier alpha value is -2.40. The lowest BCUT2D eigenvalue weighted by atomic mass is 10.1. The van der Waals surface area contributed by atoms with Gasteiger partial charge in [0.25, 0.3) is 0 Å². The largest absolute Gasteiger partial charge is 0.463 e. The van der Waals surface area contributed by atoms with Gasteiger partial charge in [-0.2, -0.15) is 0 Å². The minimum Gasteiger partial charge on any atom is -0.463 e. The zero-order valence-electron chi connectivity index (χ0n) is 25.6. The number of allylic oxidation sites excluding steroid dienone is 10. The van der Waals surface area contributed by atoms with Gasteiger partial charge in [-0.1, -0.05) is 107 Å². The number of carbonyl (C=O) groups is 2. The van der Waals surface area contributed by atoms with Crippen LogP contribution in [0.15, 0.2) is 60.8 Å². The van der Waals surface area contributed by atoms with Crippen LogP contribution < -0.4 is 0 Å². The number of esters is 2. The zero-order valence-corrected chi connectivity index (χ0v) is 25.6. The fourth-order valence-corrected chi connectivity index (χ4v) is 3.84. The summed E-state index contributed by atoms with van der Waals surface area (Å²) in [4.78, 5) is 23.7. The third-order valence-corrected chi connectivity index (χ3v) is 6.24. The normalized spacial score (nSPS) is 13.0. The van der Waals surface area contributed by atoms with E-state index in [0.29, 0.717) is 12.8 Å². The molecule has 1 N–H and O–H groups in total. The Labute approximate surface area is 245 Å². The fraction of sp³-hybridized carbons (Fsp3) is 0.657. The molecule has 5 heteroatoms. The fourth-order valence-electron chi connectivity index (χ4n) is 3.84. The highest BCUT2D eigenvalue weighted by Crippen LogP contribution is 2.08. The first-order chi connectivity index (χ1) is 19.6. The lowest BCUT2D eigenvalue weighted by molar-refractivity contribution is -0.152. The topological polar surface area (TPSA) is 72.8 Å². The molecule has 0 saturated heterocycles. The van der Waals surface area contributed by atoms with E-state index in [1.54, 1.807) is 0 Å². The number of aliphatic hydroxyl groups is 1. The molecular weight excluding hydrogens is 500 g/mol. The molecule has 0 rings (SSSR count). The predicted molar refractivity (Wildman–Crippen MR) is 168 cm³/mol. The number of hydrogen-bond donors (Lipinski definition) is 1. The van der Waals surface area contributed by atoms with Crippen molar-refractivity contribution in [2.24, 2.45) is 0 Å². The van der Waals surface area contributed by atoms with Crippen molar-refractivity contribution in [3.63, 3.8) is 0 Å². The maximum absolute atomic E-state index is 11.9. The van der Waals surface area contributed by atoms with Crippen molar-refractivity contribution in [1.29, 1.82) is 0 Å². The molecule has 0 radical (unpaired) electrons. The van der Waals surface area contributed by atoms with Gasteiger partial charge in [0.2, 0.25) is 0 Å². The van der Waals surface area contributed by atoms with Crippen LogP contribution in [0.3, 0.4) is 0 Å². The maximum atomic E-state index is 11.9. The molecule has 0 saturated carbocycles. The Morgan fingerprint density at radius 3 is 1.55 bits per heavy atom. The van der Waals surface area contributed by atoms with Gasteiger partial charge in [0, 0.05) is 12.8 Å². The van der Waals surface area contributed by atoms with Crippen molar-refractivity contribution in [2.75, 3.05) is 13.2 Å². The lowest BCUT2D eigenvalue weighted by Gasteiger charge is -2.12. The van der Waals surface area contributed by atoms with E-state index in [1.807, 2.05) is 0 Å². The minimum atomic E-state index is -0.991. The molecule has 0 bridgehead atoms. The molecule has 0 aromatic rings. The lowest BCUT2D eigenvalue weighted by Crippen LogP contribution is -2.25. The molecule has 0 unspecified atom stereocenters. The molecule has 1 atom stereocenters. The molecule has 0 aliphatic rings. The Bertz CT molecular complexity index is 732. The van der Waals surface area contributed by atoms with Crippen LogP contribution in [-0.2, 0) is 19.1 Å². The van der Waals surface area contributed by atoms with Crippen molar-refractivity contribution in [2.45, 2.75) is 136 Å². The number of rotatable bonds is 27. The highest BCUT2D eigenvalue weighted by Gasteiger charge is 2.11. The van der Waals surface area contributed by atoms with E-state index in [-0.39, 0.29) is 25.2 Å². The SMILES string of the molecule is CC/C=C\C/C=C\C/C=C\C/C=C\CCCCC(=O)OC[C@H](O)COC(=O)CCC/C=C\CCCCCCCC. The third-order valence-electron chi connectivity index (χ3n) is 6.24. The smallest absolute Gasteiger partial charge is 0.305 e. The summed E-state index contributed by atoms with van der Waals surface area (Å²) in [6.07, 6.45) is 38.4. The van der Waals surface area contributed by atoms with Crippen molar-refractivity contribution < 1.29 is 24.2 Å². The minimum absolute atomic E-state index is 0.147. The van der Waals surface area contributed by atoms with Crippen LogP contribution in [0.25, 0.3) is 0 Å². The third kappa shape index (κ3) is 30.1. The molecule has 0 heterocycles. The first-order valence-corrected chi connectivity index (χ1v) is 15.8. The number of aliphatic hydroxyl groups excluding tert-OH is 1. The van der Waals surface area contributed by atoms with Crippen LogP contribution in [0.1, 0.15) is 129 Å². The molecule has 0 aromatic carbocycles. The van der Waals surface area contributed by atoms with Gasteiger partial charge in [0.15, 0.2) is 0 Å². The highest BCUT2D eigenvalue weighted by atomic mass is 16.6. The summed E-state index contributed by atoms with van der Waals surface area (Å²) in [5.41, 5.74) is 0. The zero-order chi connectivity index (χ0) is 29.4. The Kier molecular flexibility index (Phi) is 29.3. The van der Waals surface area contributed by atoms with Crippen molar-refractivity contribution >= 4 is 11.9 Å². The number of ether oxygens (including phenoxy) is 2. The van der Waals surface area contributed by atoms with Gasteiger partial charge in [-0.3, -0.25) is 9.59 Å². The van der Waals surface area contributed by atoms with E-state index in [1.165, 1.54) is 38.5 Å². The van der Waals surface area contributed by atoms with E-state index in [0.717, 1.165) is 64.2 Å². The summed E-state index contributed by atoms with van der Waals surface area (Å²) in [7, 11) is 0. The van der Waals surface area contributed by atoms with Crippen molar-refractivity contribution in [1.82, 2.24) is 0 Å². The van der Waals surface area contributed by atoms with Gasteiger partial charge < -0.3 is 14.6 Å². The average Bonchev–Trinajstić information content (AvgIpc) is 2.95. The van der Waals surface area contributed by atoms with E-state index < -0.39 is 6.10 Å². The molecule has 0 aliphatic carbocycles. The van der Waals surface area contributed by atoms with Crippen LogP contribution >= 0.6 is 0 Å². The number of unbranched alkanes of at least 4 members (excludes halogenated alkanes) is 9. The molecule has 0 spiro atoms. The van der Waals surface area contributed by atoms with Gasteiger partial charge in [0.1, 0.15) is 19.3 Å². The average molecular weight is 559 g/mol. The summed E-state index contributed by atoms with van der Waals surface area (Å²) in [5.74, 6) is -0.658. The first-order valence-electron chi connectivity index (χ1n) is 15.8. The van der Waals surface area contributed by atoms with Gasteiger partial charge in [-0.25, -0.2) is 0 Å². The molecule has 40 heavy (non-hydrogen) atoms. The second kappa shape index (κ2) is 31.1.